The Hall–Kier alpha value is -3.95. The molecule has 0 radical (unpaired) electrons. The molecule has 5 unspecified atom stereocenters. The zero-order valence-electron chi connectivity index (χ0n) is 20.8. The predicted octanol–water partition coefficient (Wildman–Crippen LogP) is -2.71. The Morgan fingerprint density at radius 1 is 0.838 bits per heavy atom. The number of carboxylic acid groups (broad SMARTS) is 3. The van der Waals surface area contributed by atoms with Crippen LogP contribution in [-0.2, 0) is 28.8 Å². The molecule has 0 aliphatic carbocycles. The van der Waals surface area contributed by atoms with E-state index in [2.05, 4.69) is 20.9 Å². The van der Waals surface area contributed by atoms with Crippen molar-refractivity contribution in [1.29, 1.82) is 0 Å². The highest BCUT2D eigenvalue weighted by Gasteiger charge is 2.32. The Labute approximate surface area is 213 Å². The van der Waals surface area contributed by atoms with E-state index >= 15 is 0 Å². The minimum absolute atomic E-state index is 0.0284. The molecule has 0 fully saturated rings. The summed E-state index contributed by atoms with van der Waals surface area (Å²) in [5, 5.41) is 34.1. The van der Waals surface area contributed by atoms with Crippen LogP contribution >= 0.6 is 0 Å². The zero-order chi connectivity index (χ0) is 28.7. The number of carbonyl (C=O) groups is 6. The van der Waals surface area contributed by atoms with Crippen LogP contribution in [0, 0.1) is 5.92 Å². The van der Waals surface area contributed by atoms with E-state index in [-0.39, 0.29) is 25.3 Å². The van der Waals surface area contributed by atoms with Crippen LogP contribution in [0.4, 0.5) is 0 Å². The van der Waals surface area contributed by atoms with Gasteiger partial charge in [0.05, 0.1) is 12.5 Å². The molecule has 210 valence electrons. The summed E-state index contributed by atoms with van der Waals surface area (Å²) in [5.74, 6) is -7.22. The highest BCUT2D eigenvalue weighted by atomic mass is 16.4. The lowest BCUT2D eigenvalue weighted by molar-refractivity contribution is -0.143. The number of nitrogens with zero attached hydrogens (tertiary/aromatic N) is 1. The van der Waals surface area contributed by atoms with E-state index in [9.17, 15) is 33.9 Å². The number of guanidine groups is 1. The van der Waals surface area contributed by atoms with Crippen LogP contribution in [0.5, 0.6) is 0 Å². The van der Waals surface area contributed by atoms with Crippen molar-refractivity contribution in [2.75, 3.05) is 6.54 Å². The van der Waals surface area contributed by atoms with Gasteiger partial charge in [0.1, 0.15) is 18.1 Å². The van der Waals surface area contributed by atoms with E-state index in [0.29, 0.717) is 6.42 Å². The second-order valence-corrected chi connectivity index (χ2v) is 8.42. The molecule has 0 aromatic rings. The maximum atomic E-state index is 13.1. The summed E-state index contributed by atoms with van der Waals surface area (Å²) in [7, 11) is 0. The zero-order valence-corrected chi connectivity index (χ0v) is 20.8. The standard InChI is InChI=1S/C21H37N7O9/c1-3-10(2)16(28-17(33)11(22)9-15(31)32)19(35)26-12(5-4-8-25-21(23)24)18(34)27-13(20(36)37)6-7-14(29)30/h10-13,16H,3-9,22H2,1-2H3,(H,26,35)(H,27,34)(H,28,33)(H,29,30)(H,31,32)(H,36,37)(H4,23,24,25). The second-order valence-electron chi connectivity index (χ2n) is 8.42. The maximum Gasteiger partial charge on any atom is 0.326 e. The van der Waals surface area contributed by atoms with E-state index in [0.717, 1.165) is 0 Å². The summed E-state index contributed by atoms with van der Waals surface area (Å²) in [5.41, 5.74) is 16.1. The number of hydrogen-bond donors (Lipinski definition) is 9. The van der Waals surface area contributed by atoms with Crippen molar-refractivity contribution in [2.24, 2.45) is 28.1 Å². The Morgan fingerprint density at radius 2 is 1.43 bits per heavy atom. The molecule has 16 heteroatoms. The molecule has 3 amide bonds. The molecule has 0 aliphatic rings. The lowest BCUT2D eigenvalue weighted by atomic mass is 9.97. The van der Waals surface area contributed by atoms with Gasteiger partial charge in [-0.25, -0.2) is 4.79 Å². The number of nitrogens with two attached hydrogens (primary N) is 3. The number of carbonyl (C=O) groups excluding carboxylic acids is 3. The Bertz CT molecular complexity index is 861. The van der Waals surface area contributed by atoms with Crippen molar-refractivity contribution >= 4 is 41.6 Å². The van der Waals surface area contributed by atoms with E-state index in [1.54, 1.807) is 13.8 Å². The first-order chi connectivity index (χ1) is 17.2. The quantitative estimate of drug-likeness (QED) is 0.0495. The molecular formula is C21H37N7O9. The average molecular weight is 532 g/mol. The Morgan fingerprint density at radius 3 is 1.92 bits per heavy atom. The minimum atomic E-state index is -1.53. The maximum absolute atomic E-state index is 13.1. The third-order valence-electron chi connectivity index (χ3n) is 5.36. The number of carboxylic acids is 3. The Balaban J connectivity index is 5.72. The van der Waals surface area contributed by atoms with E-state index in [1.165, 1.54) is 0 Å². The van der Waals surface area contributed by atoms with Gasteiger partial charge in [0.25, 0.3) is 0 Å². The first kappa shape index (κ1) is 33.0. The highest BCUT2D eigenvalue weighted by Crippen LogP contribution is 2.11. The van der Waals surface area contributed by atoms with Crippen LogP contribution in [0.1, 0.15) is 52.4 Å². The summed E-state index contributed by atoms with van der Waals surface area (Å²) < 4.78 is 0. The molecule has 16 nitrogen and oxygen atoms in total. The number of nitrogens with one attached hydrogen (secondary N) is 3. The van der Waals surface area contributed by atoms with Crippen molar-refractivity contribution < 1.29 is 44.1 Å². The van der Waals surface area contributed by atoms with Crippen LogP contribution in [0.3, 0.4) is 0 Å². The highest BCUT2D eigenvalue weighted by molar-refractivity contribution is 5.95. The van der Waals surface area contributed by atoms with Crippen molar-refractivity contribution in [3.05, 3.63) is 0 Å². The van der Waals surface area contributed by atoms with Crippen molar-refractivity contribution in [1.82, 2.24) is 16.0 Å². The van der Waals surface area contributed by atoms with Gasteiger partial charge in [0, 0.05) is 13.0 Å². The lowest BCUT2D eigenvalue weighted by Gasteiger charge is -2.27. The third-order valence-corrected chi connectivity index (χ3v) is 5.36. The first-order valence-electron chi connectivity index (χ1n) is 11.6. The van der Waals surface area contributed by atoms with Crippen LogP contribution in [-0.4, -0.2) is 87.6 Å². The van der Waals surface area contributed by atoms with Crippen LogP contribution in [0.25, 0.3) is 0 Å². The number of aliphatic imine (C=N–C) groups is 1. The molecule has 0 saturated heterocycles. The molecule has 0 saturated carbocycles. The fourth-order valence-electron chi connectivity index (χ4n) is 3.07. The minimum Gasteiger partial charge on any atom is -0.481 e. The number of rotatable bonds is 18. The van der Waals surface area contributed by atoms with Crippen molar-refractivity contribution in [2.45, 2.75) is 76.5 Å². The van der Waals surface area contributed by atoms with Gasteiger partial charge in [-0.2, -0.15) is 0 Å². The molecule has 5 atom stereocenters. The molecule has 0 aromatic carbocycles. The SMILES string of the molecule is CCC(C)C(NC(=O)C(N)CC(=O)O)C(=O)NC(CCCN=C(N)N)C(=O)NC(CCC(=O)O)C(=O)O. The normalized spacial score (nSPS) is 14.7. The van der Waals surface area contributed by atoms with Crippen LogP contribution < -0.4 is 33.2 Å². The van der Waals surface area contributed by atoms with Gasteiger partial charge < -0.3 is 48.5 Å². The summed E-state index contributed by atoms with van der Waals surface area (Å²) in [6.45, 7) is 3.49. The molecular weight excluding hydrogens is 494 g/mol. The van der Waals surface area contributed by atoms with E-state index in [1.807, 2.05) is 0 Å². The lowest BCUT2D eigenvalue weighted by Crippen LogP contribution is -2.58. The van der Waals surface area contributed by atoms with Crippen molar-refractivity contribution in [3.8, 4) is 0 Å². The molecule has 0 spiro atoms. The Kier molecular flexibility index (Phi) is 14.9. The van der Waals surface area contributed by atoms with Gasteiger partial charge in [-0.05, 0) is 25.2 Å². The molecule has 0 aromatic heterocycles. The third kappa shape index (κ3) is 13.6. The van der Waals surface area contributed by atoms with Gasteiger partial charge in [-0.1, -0.05) is 20.3 Å². The van der Waals surface area contributed by atoms with E-state index in [4.69, 9.17) is 27.4 Å². The fourth-order valence-corrected chi connectivity index (χ4v) is 3.07. The summed E-state index contributed by atoms with van der Waals surface area (Å²) in [4.78, 5) is 75.2. The number of aliphatic carboxylic acids is 3. The smallest absolute Gasteiger partial charge is 0.326 e. The van der Waals surface area contributed by atoms with Gasteiger partial charge in [-0.3, -0.25) is 29.0 Å². The number of hydrogen-bond acceptors (Lipinski definition) is 8. The first-order valence-corrected chi connectivity index (χ1v) is 11.6. The van der Waals surface area contributed by atoms with Gasteiger partial charge >= 0.3 is 17.9 Å². The molecule has 0 bridgehead atoms. The van der Waals surface area contributed by atoms with Crippen molar-refractivity contribution in [3.63, 3.8) is 0 Å². The molecule has 0 rings (SSSR count). The predicted molar refractivity (Wildman–Crippen MR) is 130 cm³/mol. The topological polar surface area (TPSA) is 290 Å². The monoisotopic (exact) mass is 531 g/mol. The summed E-state index contributed by atoms with van der Waals surface area (Å²) in [6.07, 6.45) is -0.977. The van der Waals surface area contributed by atoms with Gasteiger partial charge in [-0.15, -0.1) is 0 Å². The summed E-state index contributed by atoms with van der Waals surface area (Å²) >= 11 is 0. The number of amides is 3. The van der Waals surface area contributed by atoms with Crippen LogP contribution in [0.15, 0.2) is 4.99 Å². The molecule has 37 heavy (non-hydrogen) atoms. The van der Waals surface area contributed by atoms with Gasteiger partial charge in [0.2, 0.25) is 17.7 Å². The van der Waals surface area contributed by atoms with Gasteiger partial charge in [0.15, 0.2) is 5.96 Å². The fraction of sp³-hybridized carbons (Fsp3) is 0.667. The van der Waals surface area contributed by atoms with E-state index < -0.39 is 85.0 Å². The molecule has 0 heterocycles. The second kappa shape index (κ2) is 16.7. The molecule has 12 N–H and O–H groups in total. The summed E-state index contributed by atoms with van der Waals surface area (Å²) in [6, 6.07) is -5.42. The average Bonchev–Trinajstić information content (AvgIpc) is 2.79. The largest absolute Gasteiger partial charge is 0.481 e. The molecule has 0 aliphatic heterocycles. The van der Waals surface area contributed by atoms with Crippen LogP contribution in [0.2, 0.25) is 0 Å².